The molecule has 0 bridgehead atoms. The van der Waals surface area contributed by atoms with Crippen LogP contribution in [0.3, 0.4) is 0 Å². The summed E-state index contributed by atoms with van der Waals surface area (Å²) in [5.74, 6) is 6.26. The normalized spacial score (nSPS) is 16.2. The summed E-state index contributed by atoms with van der Waals surface area (Å²) < 4.78 is 2.01. The Hall–Kier alpha value is -0.650. The monoisotopic (exact) mass is 383 g/mol. The molecule has 0 radical (unpaired) electrons. The quantitative estimate of drug-likeness (QED) is 0.582. The first-order chi connectivity index (χ1) is 9.20. The lowest BCUT2D eigenvalue weighted by Gasteiger charge is -2.15. The van der Waals surface area contributed by atoms with E-state index in [4.69, 9.17) is 10.8 Å². The third kappa shape index (κ3) is 2.39. The fraction of sp³-hybridized carbons (Fsp3) is 0.357. The van der Waals surface area contributed by atoms with Crippen molar-refractivity contribution in [2.24, 2.45) is 5.84 Å². The van der Waals surface area contributed by atoms with Crippen LogP contribution < -0.4 is 11.3 Å². The van der Waals surface area contributed by atoms with Crippen LogP contribution in [0.5, 0.6) is 0 Å². The highest BCUT2D eigenvalue weighted by molar-refractivity contribution is 9.11. The van der Waals surface area contributed by atoms with Gasteiger partial charge in [-0.15, -0.1) is 0 Å². The minimum absolute atomic E-state index is 0.572. The number of anilines is 1. The maximum Gasteiger partial charge on any atom is 0.0880 e. The van der Waals surface area contributed by atoms with E-state index in [0.717, 1.165) is 31.2 Å². The molecule has 2 aromatic rings. The second-order valence-electron chi connectivity index (χ2n) is 4.97. The van der Waals surface area contributed by atoms with Gasteiger partial charge < -0.3 is 5.43 Å². The van der Waals surface area contributed by atoms with Gasteiger partial charge in [-0.3, -0.25) is 10.8 Å². The number of nitrogens with two attached hydrogens (primary N) is 1. The van der Waals surface area contributed by atoms with Gasteiger partial charge in [-0.25, -0.2) is 0 Å². The van der Waals surface area contributed by atoms with Crippen LogP contribution in [0.25, 0.3) is 10.9 Å². The molecule has 100 valence electrons. The van der Waals surface area contributed by atoms with Crippen LogP contribution in [0.2, 0.25) is 0 Å². The van der Waals surface area contributed by atoms with Crippen molar-refractivity contribution in [3.8, 4) is 0 Å². The summed E-state index contributed by atoms with van der Waals surface area (Å²) in [5, 5.41) is 1.03. The molecule has 1 saturated carbocycles. The van der Waals surface area contributed by atoms with Gasteiger partial charge in [0, 0.05) is 25.9 Å². The first kappa shape index (κ1) is 13.3. The predicted molar refractivity (Wildman–Crippen MR) is 86.2 cm³/mol. The van der Waals surface area contributed by atoms with E-state index in [2.05, 4.69) is 43.4 Å². The zero-order valence-corrected chi connectivity index (χ0v) is 13.6. The summed E-state index contributed by atoms with van der Waals surface area (Å²) in [4.78, 5) is 4.85. The summed E-state index contributed by atoms with van der Waals surface area (Å²) in [5.41, 5.74) is 5.86. The number of halogens is 2. The molecule has 1 aromatic carbocycles. The van der Waals surface area contributed by atoms with Crippen molar-refractivity contribution in [2.45, 2.75) is 31.6 Å². The number of aromatic nitrogens is 1. The third-order valence-corrected chi connectivity index (χ3v) is 5.11. The first-order valence-electron chi connectivity index (χ1n) is 6.46. The number of nitrogens with zero attached hydrogens (tertiary/aromatic N) is 1. The molecule has 3 N–H and O–H groups in total. The third-order valence-electron chi connectivity index (χ3n) is 3.81. The van der Waals surface area contributed by atoms with Gasteiger partial charge in [0.25, 0.3) is 0 Å². The Balaban J connectivity index is 2.24. The summed E-state index contributed by atoms with van der Waals surface area (Å²) in [7, 11) is 0. The number of fused-ring (bicyclic) bond motifs is 1. The van der Waals surface area contributed by atoms with Gasteiger partial charge in [-0.05, 0) is 47.0 Å². The van der Waals surface area contributed by atoms with Gasteiger partial charge >= 0.3 is 0 Å². The molecule has 3 rings (SSSR count). The Bertz CT molecular complexity index is 622. The van der Waals surface area contributed by atoms with E-state index in [-0.39, 0.29) is 0 Å². The van der Waals surface area contributed by atoms with Gasteiger partial charge in [0.2, 0.25) is 0 Å². The molecule has 1 fully saturated rings. The number of pyridine rings is 1. The molecule has 19 heavy (non-hydrogen) atoms. The highest BCUT2D eigenvalue weighted by atomic mass is 79.9. The van der Waals surface area contributed by atoms with Crippen LogP contribution in [0.4, 0.5) is 5.69 Å². The van der Waals surface area contributed by atoms with Crippen molar-refractivity contribution >= 4 is 48.5 Å². The average molecular weight is 385 g/mol. The van der Waals surface area contributed by atoms with Crippen molar-refractivity contribution in [2.75, 3.05) is 5.43 Å². The maximum absolute atomic E-state index is 5.69. The number of hydrazine groups is 1. The van der Waals surface area contributed by atoms with E-state index in [1.165, 1.54) is 25.7 Å². The standard InChI is InChI=1S/C14H15Br2N3/c15-9-5-6-10(16)14-13(9)12(19-17)7-11(18-14)8-3-1-2-4-8/h5-8H,1-4,17H2,(H,18,19). The molecule has 0 saturated heterocycles. The lowest BCUT2D eigenvalue weighted by Crippen LogP contribution is -2.09. The van der Waals surface area contributed by atoms with Gasteiger partial charge in [-0.2, -0.15) is 0 Å². The number of hydrogen-bond acceptors (Lipinski definition) is 3. The summed E-state index contributed by atoms with van der Waals surface area (Å²) in [6, 6.07) is 6.11. The number of rotatable bonds is 2. The summed E-state index contributed by atoms with van der Waals surface area (Å²) in [6.45, 7) is 0. The van der Waals surface area contributed by atoms with Crippen LogP contribution in [0.15, 0.2) is 27.1 Å². The highest BCUT2D eigenvalue weighted by Crippen LogP contribution is 2.39. The number of nitrogen functional groups attached to an aromatic ring is 1. The maximum atomic E-state index is 5.69. The minimum atomic E-state index is 0.572. The SMILES string of the molecule is NNc1cc(C2CCCC2)nc2c(Br)ccc(Br)c12. The molecular weight excluding hydrogens is 370 g/mol. The molecule has 1 aromatic heterocycles. The van der Waals surface area contributed by atoms with Gasteiger partial charge in [0.05, 0.1) is 11.2 Å². The fourth-order valence-corrected chi connectivity index (χ4v) is 3.79. The van der Waals surface area contributed by atoms with Crippen LogP contribution in [-0.2, 0) is 0 Å². The molecule has 1 heterocycles. The molecule has 1 aliphatic rings. The average Bonchev–Trinajstić information content (AvgIpc) is 2.96. The van der Waals surface area contributed by atoms with Crippen LogP contribution in [0, 0.1) is 0 Å². The molecule has 0 aliphatic heterocycles. The number of hydrogen-bond donors (Lipinski definition) is 2. The van der Waals surface area contributed by atoms with E-state index in [1.807, 2.05) is 12.1 Å². The van der Waals surface area contributed by atoms with E-state index in [9.17, 15) is 0 Å². The molecule has 0 unspecified atom stereocenters. The molecule has 0 spiro atoms. The Labute approximate surface area is 129 Å². The topological polar surface area (TPSA) is 50.9 Å². The largest absolute Gasteiger partial charge is 0.323 e. The highest BCUT2D eigenvalue weighted by Gasteiger charge is 2.21. The number of benzene rings is 1. The smallest absolute Gasteiger partial charge is 0.0880 e. The van der Waals surface area contributed by atoms with Gasteiger partial charge in [-0.1, -0.05) is 28.8 Å². The van der Waals surface area contributed by atoms with E-state index in [1.54, 1.807) is 0 Å². The van der Waals surface area contributed by atoms with E-state index in [0.29, 0.717) is 5.92 Å². The Morgan fingerprint density at radius 3 is 2.53 bits per heavy atom. The van der Waals surface area contributed by atoms with Crippen molar-refractivity contribution in [1.29, 1.82) is 0 Å². The molecular formula is C14H15Br2N3. The fourth-order valence-electron chi connectivity index (χ4n) is 2.83. The molecule has 0 amide bonds. The molecule has 3 nitrogen and oxygen atoms in total. The second-order valence-corrected chi connectivity index (χ2v) is 6.68. The van der Waals surface area contributed by atoms with Gasteiger partial charge in [0.1, 0.15) is 0 Å². The zero-order valence-electron chi connectivity index (χ0n) is 10.4. The minimum Gasteiger partial charge on any atom is -0.323 e. The van der Waals surface area contributed by atoms with Crippen molar-refractivity contribution in [3.63, 3.8) is 0 Å². The van der Waals surface area contributed by atoms with E-state index >= 15 is 0 Å². The predicted octanol–water partition coefficient (Wildman–Crippen LogP) is 4.70. The molecule has 1 aliphatic carbocycles. The Morgan fingerprint density at radius 1 is 1.16 bits per heavy atom. The second kappa shape index (κ2) is 5.38. The summed E-state index contributed by atoms with van der Waals surface area (Å²) in [6.07, 6.45) is 5.06. The lowest BCUT2D eigenvalue weighted by molar-refractivity contribution is 0.701. The Kier molecular flexibility index (Phi) is 3.78. The zero-order chi connectivity index (χ0) is 13.4. The Morgan fingerprint density at radius 2 is 1.84 bits per heavy atom. The van der Waals surface area contributed by atoms with Crippen LogP contribution >= 0.6 is 31.9 Å². The van der Waals surface area contributed by atoms with Crippen molar-refractivity contribution in [1.82, 2.24) is 4.98 Å². The van der Waals surface area contributed by atoms with Crippen LogP contribution in [-0.4, -0.2) is 4.98 Å². The summed E-state index contributed by atoms with van der Waals surface area (Å²) >= 11 is 7.16. The van der Waals surface area contributed by atoms with Gasteiger partial charge in [0.15, 0.2) is 0 Å². The van der Waals surface area contributed by atoms with Crippen molar-refractivity contribution in [3.05, 3.63) is 32.8 Å². The van der Waals surface area contributed by atoms with E-state index < -0.39 is 0 Å². The number of nitrogens with one attached hydrogen (secondary N) is 1. The lowest BCUT2D eigenvalue weighted by atomic mass is 10.0. The molecule has 0 atom stereocenters. The van der Waals surface area contributed by atoms with Crippen molar-refractivity contribution < 1.29 is 0 Å². The first-order valence-corrected chi connectivity index (χ1v) is 8.04. The molecule has 5 heteroatoms. The van der Waals surface area contributed by atoms with Crippen LogP contribution in [0.1, 0.15) is 37.3 Å².